The van der Waals surface area contributed by atoms with E-state index in [0.717, 1.165) is 6.04 Å². The normalized spacial score (nSPS) is 25.5. The minimum atomic E-state index is 0.861. The molecule has 2 fully saturated rings. The second kappa shape index (κ2) is 7.46. The predicted molar refractivity (Wildman–Crippen MR) is 78.1 cm³/mol. The minimum Gasteiger partial charge on any atom is -0.304 e. The van der Waals surface area contributed by atoms with Crippen LogP contribution in [0.3, 0.4) is 0 Å². The summed E-state index contributed by atoms with van der Waals surface area (Å²) >= 11 is 0. The van der Waals surface area contributed by atoms with Crippen LogP contribution in [-0.4, -0.2) is 74.1 Å². The molecule has 0 amide bonds. The maximum atomic E-state index is 2.63. The lowest BCUT2D eigenvalue weighted by atomic mass is 10.1. The van der Waals surface area contributed by atoms with Gasteiger partial charge in [-0.25, -0.2) is 0 Å². The quantitative estimate of drug-likeness (QED) is 0.709. The molecule has 0 bridgehead atoms. The number of likely N-dealkylation sites (N-methyl/N-ethyl adjacent to an activating group) is 2. The molecule has 0 aromatic rings. The van der Waals surface area contributed by atoms with Crippen LogP contribution in [0.4, 0.5) is 0 Å². The van der Waals surface area contributed by atoms with Crippen molar-refractivity contribution in [3.05, 3.63) is 0 Å². The third kappa shape index (κ3) is 4.52. The van der Waals surface area contributed by atoms with E-state index in [2.05, 4.69) is 28.8 Å². The summed E-state index contributed by atoms with van der Waals surface area (Å²) in [6.07, 6.45) is 8.68. The molecule has 3 heteroatoms. The van der Waals surface area contributed by atoms with Gasteiger partial charge in [0.2, 0.25) is 0 Å². The second-order valence-corrected chi connectivity index (χ2v) is 6.27. The molecule has 1 heterocycles. The van der Waals surface area contributed by atoms with Crippen molar-refractivity contribution in [1.29, 1.82) is 0 Å². The molecule has 2 aliphatic rings. The van der Waals surface area contributed by atoms with Crippen LogP contribution in [0.5, 0.6) is 0 Å². The van der Waals surface area contributed by atoms with E-state index in [1.165, 1.54) is 77.8 Å². The molecule has 0 spiro atoms. The van der Waals surface area contributed by atoms with Gasteiger partial charge in [-0.05, 0) is 26.9 Å². The smallest absolute Gasteiger partial charge is 0.0110 e. The summed E-state index contributed by atoms with van der Waals surface area (Å²) in [4.78, 5) is 7.70. The highest BCUT2D eigenvalue weighted by molar-refractivity contribution is 4.75. The van der Waals surface area contributed by atoms with Crippen LogP contribution in [0, 0.1) is 0 Å². The fourth-order valence-corrected chi connectivity index (χ4v) is 3.25. The van der Waals surface area contributed by atoms with E-state index in [9.17, 15) is 0 Å². The SMILES string of the molecule is CN1CCN(CCN(C)C2CCCCCC2)CC1. The molecular weight excluding hydrogens is 222 g/mol. The third-order valence-corrected chi connectivity index (χ3v) is 4.81. The Morgan fingerprint density at radius 2 is 1.56 bits per heavy atom. The minimum absolute atomic E-state index is 0.861. The topological polar surface area (TPSA) is 9.72 Å². The van der Waals surface area contributed by atoms with Crippen LogP contribution in [0.1, 0.15) is 38.5 Å². The molecule has 0 radical (unpaired) electrons. The van der Waals surface area contributed by atoms with Crippen molar-refractivity contribution in [3.63, 3.8) is 0 Å². The lowest BCUT2D eigenvalue weighted by molar-refractivity contribution is 0.127. The van der Waals surface area contributed by atoms with Crippen molar-refractivity contribution in [3.8, 4) is 0 Å². The van der Waals surface area contributed by atoms with Crippen molar-refractivity contribution >= 4 is 0 Å². The highest BCUT2D eigenvalue weighted by Crippen LogP contribution is 2.20. The number of hydrogen-bond donors (Lipinski definition) is 0. The van der Waals surface area contributed by atoms with Crippen LogP contribution in [0.15, 0.2) is 0 Å². The Morgan fingerprint density at radius 1 is 0.944 bits per heavy atom. The van der Waals surface area contributed by atoms with Gasteiger partial charge in [0.05, 0.1) is 0 Å². The van der Waals surface area contributed by atoms with Gasteiger partial charge in [0, 0.05) is 45.3 Å². The first-order valence-electron chi connectivity index (χ1n) is 7.87. The van der Waals surface area contributed by atoms with Gasteiger partial charge >= 0.3 is 0 Å². The first-order chi connectivity index (χ1) is 8.75. The number of nitrogens with zero attached hydrogens (tertiary/aromatic N) is 3. The average molecular weight is 253 g/mol. The van der Waals surface area contributed by atoms with Crippen molar-refractivity contribution in [2.24, 2.45) is 0 Å². The Balaban J connectivity index is 1.65. The van der Waals surface area contributed by atoms with Crippen LogP contribution in [-0.2, 0) is 0 Å². The zero-order chi connectivity index (χ0) is 12.8. The fraction of sp³-hybridized carbons (Fsp3) is 1.00. The van der Waals surface area contributed by atoms with Gasteiger partial charge in [-0.15, -0.1) is 0 Å². The van der Waals surface area contributed by atoms with E-state index in [0.29, 0.717) is 0 Å². The van der Waals surface area contributed by atoms with Gasteiger partial charge in [-0.2, -0.15) is 0 Å². The highest BCUT2D eigenvalue weighted by atomic mass is 15.3. The van der Waals surface area contributed by atoms with Gasteiger partial charge in [0.25, 0.3) is 0 Å². The van der Waals surface area contributed by atoms with Crippen molar-refractivity contribution in [2.45, 2.75) is 44.6 Å². The molecule has 1 aliphatic carbocycles. The zero-order valence-electron chi connectivity index (χ0n) is 12.4. The van der Waals surface area contributed by atoms with Crippen LogP contribution in [0.25, 0.3) is 0 Å². The second-order valence-electron chi connectivity index (χ2n) is 6.27. The van der Waals surface area contributed by atoms with Gasteiger partial charge in [-0.1, -0.05) is 25.7 Å². The Hall–Kier alpha value is -0.120. The molecule has 3 nitrogen and oxygen atoms in total. The number of rotatable bonds is 4. The molecule has 1 saturated heterocycles. The van der Waals surface area contributed by atoms with Crippen LogP contribution in [0.2, 0.25) is 0 Å². The van der Waals surface area contributed by atoms with Gasteiger partial charge in [0.1, 0.15) is 0 Å². The molecule has 0 aromatic heterocycles. The molecule has 0 aromatic carbocycles. The molecule has 106 valence electrons. The van der Waals surface area contributed by atoms with Crippen LogP contribution < -0.4 is 0 Å². The van der Waals surface area contributed by atoms with E-state index in [4.69, 9.17) is 0 Å². The molecule has 18 heavy (non-hydrogen) atoms. The van der Waals surface area contributed by atoms with Crippen molar-refractivity contribution < 1.29 is 0 Å². The molecular formula is C15H31N3. The molecule has 2 rings (SSSR count). The van der Waals surface area contributed by atoms with Gasteiger partial charge < -0.3 is 9.80 Å². The van der Waals surface area contributed by atoms with E-state index >= 15 is 0 Å². The lowest BCUT2D eigenvalue weighted by Gasteiger charge is -2.35. The first-order valence-corrected chi connectivity index (χ1v) is 7.87. The largest absolute Gasteiger partial charge is 0.304 e. The Kier molecular flexibility index (Phi) is 5.93. The Morgan fingerprint density at radius 3 is 2.17 bits per heavy atom. The first kappa shape index (κ1) is 14.3. The fourth-order valence-electron chi connectivity index (χ4n) is 3.25. The summed E-state index contributed by atoms with van der Waals surface area (Å²) in [5.41, 5.74) is 0. The summed E-state index contributed by atoms with van der Waals surface area (Å²) in [6, 6.07) is 0.861. The summed E-state index contributed by atoms with van der Waals surface area (Å²) in [5.74, 6) is 0. The van der Waals surface area contributed by atoms with Gasteiger partial charge in [-0.3, -0.25) is 4.90 Å². The Bertz CT molecular complexity index is 216. The average Bonchev–Trinajstić information content (AvgIpc) is 2.66. The predicted octanol–water partition coefficient (Wildman–Crippen LogP) is 1.89. The number of hydrogen-bond acceptors (Lipinski definition) is 3. The third-order valence-electron chi connectivity index (χ3n) is 4.81. The monoisotopic (exact) mass is 253 g/mol. The van der Waals surface area contributed by atoms with Crippen LogP contribution >= 0.6 is 0 Å². The standard InChI is InChI=1S/C15H31N3/c1-16-9-12-18(13-10-16)14-11-17(2)15-7-5-3-4-6-8-15/h15H,3-14H2,1-2H3. The molecule has 1 saturated carbocycles. The van der Waals surface area contributed by atoms with Crippen molar-refractivity contribution in [1.82, 2.24) is 14.7 Å². The summed E-state index contributed by atoms with van der Waals surface area (Å²) in [5, 5.41) is 0. The molecule has 0 atom stereocenters. The molecule has 1 aliphatic heterocycles. The van der Waals surface area contributed by atoms with E-state index in [1.807, 2.05) is 0 Å². The molecule has 0 unspecified atom stereocenters. The summed E-state index contributed by atoms with van der Waals surface area (Å²) < 4.78 is 0. The molecule has 0 N–H and O–H groups in total. The van der Waals surface area contributed by atoms with Crippen molar-refractivity contribution in [2.75, 3.05) is 53.4 Å². The number of piperazine rings is 1. The summed E-state index contributed by atoms with van der Waals surface area (Å²) in [7, 11) is 4.57. The maximum absolute atomic E-state index is 2.63. The zero-order valence-corrected chi connectivity index (χ0v) is 12.4. The van der Waals surface area contributed by atoms with E-state index in [1.54, 1.807) is 0 Å². The summed E-state index contributed by atoms with van der Waals surface area (Å²) in [6.45, 7) is 7.53. The van der Waals surface area contributed by atoms with E-state index in [-0.39, 0.29) is 0 Å². The van der Waals surface area contributed by atoms with Gasteiger partial charge in [0.15, 0.2) is 0 Å². The maximum Gasteiger partial charge on any atom is 0.0110 e. The Labute approximate surface area is 113 Å². The highest BCUT2D eigenvalue weighted by Gasteiger charge is 2.18. The van der Waals surface area contributed by atoms with E-state index < -0.39 is 0 Å². The lowest BCUT2D eigenvalue weighted by Crippen LogP contribution is -2.47.